The summed E-state index contributed by atoms with van der Waals surface area (Å²) >= 11 is 0. The molecule has 0 atom stereocenters. The molecular weight excluding hydrogens is 1880 g/mol. The van der Waals surface area contributed by atoms with Crippen molar-refractivity contribution in [2.45, 2.75) is 225 Å². The van der Waals surface area contributed by atoms with Gasteiger partial charge in [0.1, 0.15) is 40.7 Å². The Morgan fingerprint density at radius 1 is 0.297 bits per heavy atom. The van der Waals surface area contributed by atoms with E-state index in [2.05, 4.69) is 135 Å². The van der Waals surface area contributed by atoms with Gasteiger partial charge in [-0.15, -0.1) is 0 Å². The van der Waals surface area contributed by atoms with Crippen molar-refractivity contribution in [1.82, 2.24) is 29.9 Å². The van der Waals surface area contributed by atoms with Crippen LogP contribution in [0.2, 0.25) is 0 Å². The maximum atomic E-state index is 12.6. The highest BCUT2D eigenvalue weighted by Gasteiger charge is 2.57. The lowest BCUT2D eigenvalue weighted by molar-refractivity contribution is -0.119. The number of hydrogen-bond acceptors (Lipinski definition) is 26. The number of ether oxygens (including phenoxy) is 11. The highest BCUT2D eigenvalue weighted by Crippen LogP contribution is 2.57. The van der Waals surface area contributed by atoms with Crippen molar-refractivity contribution in [3.05, 3.63) is 300 Å². The predicted molar refractivity (Wildman–Crippen MR) is 562 cm³/mol. The topological polar surface area (TPSA) is 415 Å². The summed E-state index contributed by atoms with van der Waals surface area (Å²) in [6.07, 6.45) is 21.3. The van der Waals surface area contributed by atoms with Crippen LogP contribution >= 0.6 is 0 Å². The highest BCUT2D eigenvalue weighted by atomic mass is 16.7. The molecule has 6 aliphatic carbocycles. The molecule has 0 spiro atoms. The van der Waals surface area contributed by atoms with Gasteiger partial charge in [-0.2, -0.15) is 5.26 Å². The number of nitrogens with zero attached hydrogens (tertiary/aromatic N) is 7. The molecule has 6 fully saturated rings. The Bertz CT molecular complexity index is 5540. The van der Waals surface area contributed by atoms with E-state index in [9.17, 15) is 33.6 Å². The van der Waals surface area contributed by atoms with Crippen LogP contribution < -0.4 is 79.3 Å². The molecule has 12 aliphatic rings. The van der Waals surface area contributed by atoms with Gasteiger partial charge in [0.2, 0.25) is 69.4 Å². The summed E-state index contributed by atoms with van der Waals surface area (Å²) in [5, 5.41) is 32.7. The number of nitriles is 1. The summed E-state index contributed by atoms with van der Waals surface area (Å²) in [6.45, 7) is 27.7. The highest BCUT2D eigenvalue weighted by molar-refractivity contribution is 6.05. The molecule has 6 aliphatic heterocycles. The lowest BCUT2D eigenvalue weighted by Gasteiger charge is -2.16. The predicted octanol–water partition coefficient (Wildman–Crippen LogP) is 21.4. The average Bonchev–Trinajstić information content (AvgIpc) is 1.62. The third kappa shape index (κ3) is 29.3. The molecule has 32 nitrogen and oxygen atoms in total. The van der Waals surface area contributed by atoms with E-state index in [0.29, 0.717) is 76.9 Å². The molecule has 12 aromatic rings. The first-order valence-electron chi connectivity index (χ1n) is 49.9. The van der Waals surface area contributed by atoms with Crippen LogP contribution in [-0.4, -0.2) is 116 Å². The van der Waals surface area contributed by atoms with E-state index >= 15 is 0 Å². The number of pyridine rings is 6. The van der Waals surface area contributed by atoms with Crippen LogP contribution in [0.5, 0.6) is 57.5 Å². The molecule has 6 saturated carbocycles. The second kappa shape index (κ2) is 51.3. The smallest absolute Gasteiger partial charge is 0.236 e. The summed E-state index contributed by atoms with van der Waals surface area (Å²) in [5.74, 6) is 12.5. The van der Waals surface area contributed by atoms with Crippen LogP contribution in [0.4, 0.5) is 34.9 Å². The van der Waals surface area contributed by atoms with E-state index in [0.717, 1.165) is 151 Å². The van der Waals surface area contributed by atoms with Gasteiger partial charge in [0, 0.05) is 50.2 Å². The number of benzene rings is 6. The molecule has 6 amide bonds. The van der Waals surface area contributed by atoms with Gasteiger partial charge in [0.15, 0.2) is 57.5 Å². The number of Topliss-reactive ketones (excluding diaryl/α,β-unsaturated/α-hetero) is 1. The van der Waals surface area contributed by atoms with E-state index in [1.807, 2.05) is 170 Å². The number of aliphatic hydroxyl groups is 1. The molecule has 6 aromatic heterocycles. The maximum absolute atomic E-state index is 12.6. The molecule has 0 radical (unpaired) electrons. The fourth-order valence-electron chi connectivity index (χ4n) is 16.1. The minimum Gasteiger partial charge on any atom is -0.454 e. The van der Waals surface area contributed by atoms with Crippen molar-refractivity contribution >= 4 is 76.1 Å². The Balaban J connectivity index is 0.000000142. The first-order chi connectivity index (χ1) is 71.4. The summed E-state index contributed by atoms with van der Waals surface area (Å²) in [6, 6.07) is 69.4. The number of rotatable bonds is 18. The van der Waals surface area contributed by atoms with Crippen LogP contribution in [0.25, 0.3) is 0 Å². The maximum Gasteiger partial charge on any atom is 0.236 e. The van der Waals surface area contributed by atoms with Crippen molar-refractivity contribution in [3.8, 4) is 63.6 Å². The molecule has 0 bridgehead atoms. The standard InChI is InChI=1S/C17H16N2O2.5C16H14N2O3.2C4H10.C3H8O.C3H6O.C3H8.C2H3N/c20-16(19-15-3-1-2-8-18-15)17(6-7-17)14-5-4-12-10-21-11-13(12)9-14;5*19-15(18-14-3-1-2-8-17-14)16(6-7-16)11-4-5-12-13(9-11)21-10-20-12;2*1-4(2)3;2*1-3(2)4;1-3-2;1-2-3/h1-5,8-9H,6-7,10-11H2,(H,18,19,20);5*1-5,8-9H,6-7,10H2,(H,17,18,19);2*4H,1-3H3;3-4H,1-2H3;1-2H3;3H2,1-2H3;1H3. The van der Waals surface area contributed by atoms with E-state index in [4.69, 9.17) is 62.5 Å². The monoisotopic (exact) mass is 2010 g/mol. The SMILES string of the molecule is CC#N.CC(C)=O.CC(C)C.CC(C)C.CC(C)O.CCC.O=C(Nc1ccccn1)C1(c2ccc3c(c2)COC3)CC1.O=C(Nc1ccccn1)C1(c2ccc3c(c2)OCO3)CC1.O=C(Nc1ccccn1)C1(c2ccc3c(c2)OCO3)CC1.O=C(Nc1ccccn1)C1(c2ccc3c(c2)OCO3)CC1.O=C(Nc1ccccn1)C1(c2ccc3c(c2)OCO3)CC1.O=C(Nc1ccccn1)C1(c2ccc3c(c2)OCO3)CC1. The number of carbonyl (C=O) groups excluding carboxylic acids is 7. The quantitative estimate of drug-likeness (QED) is 0.0419. The first-order valence-corrected chi connectivity index (χ1v) is 49.9. The van der Waals surface area contributed by atoms with Crippen molar-refractivity contribution in [2.24, 2.45) is 11.8 Å². The van der Waals surface area contributed by atoms with Crippen molar-refractivity contribution in [3.63, 3.8) is 0 Å². The zero-order chi connectivity index (χ0) is 105. The number of aliphatic hydroxyl groups excluding tert-OH is 1. The number of fused-ring (bicyclic) bond motifs is 6. The zero-order valence-electron chi connectivity index (χ0n) is 86.0. The van der Waals surface area contributed by atoms with Gasteiger partial charge in [0.25, 0.3) is 0 Å². The molecule has 6 aromatic carbocycles. The van der Waals surface area contributed by atoms with Crippen molar-refractivity contribution in [1.29, 1.82) is 5.26 Å². The number of nitrogens with one attached hydrogen (secondary N) is 6. The third-order valence-electron chi connectivity index (χ3n) is 24.4. The number of carbonyl (C=O) groups is 7. The number of ketones is 1. The summed E-state index contributed by atoms with van der Waals surface area (Å²) in [4.78, 5) is 110. The number of amides is 6. The Hall–Kier alpha value is -15.9. The van der Waals surface area contributed by atoms with Crippen LogP contribution in [0, 0.1) is 23.2 Å². The van der Waals surface area contributed by atoms with E-state index < -0.39 is 27.1 Å². The van der Waals surface area contributed by atoms with Crippen LogP contribution in [0.15, 0.2) is 256 Å². The summed E-state index contributed by atoms with van der Waals surface area (Å²) < 4.78 is 59.0. The molecule has 774 valence electrons. The van der Waals surface area contributed by atoms with Gasteiger partial charge in [-0.3, -0.25) is 28.8 Å². The van der Waals surface area contributed by atoms with Gasteiger partial charge < -0.3 is 93.9 Å². The summed E-state index contributed by atoms with van der Waals surface area (Å²) in [5.41, 5.74) is 5.73. The molecular formula is C116H131N13O19. The fourth-order valence-corrected chi connectivity index (χ4v) is 16.1. The van der Waals surface area contributed by atoms with Gasteiger partial charge in [0.05, 0.1) is 51.8 Å². The number of anilines is 6. The number of aromatic nitrogens is 6. The van der Waals surface area contributed by atoms with E-state index in [-0.39, 0.29) is 86.7 Å². The van der Waals surface area contributed by atoms with Crippen LogP contribution in [0.1, 0.15) is 218 Å². The fraction of sp³-hybridized carbons (Fsp3) is 0.362. The Morgan fingerprint density at radius 2 is 0.459 bits per heavy atom. The molecule has 0 unspecified atom stereocenters. The molecule has 24 rings (SSSR count). The molecule has 148 heavy (non-hydrogen) atoms. The van der Waals surface area contributed by atoms with E-state index in [1.54, 1.807) is 87.4 Å². The van der Waals surface area contributed by atoms with Crippen LogP contribution in [-0.2, 0) is 84.0 Å². The van der Waals surface area contributed by atoms with Gasteiger partial charge in [-0.25, -0.2) is 29.9 Å². The zero-order valence-corrected chi connectivity index (χ0v) is 86.0. The Kier molecular flexibility index (Phi) is 37.9. The molecule has 32 heteroatoms. The second-order valence-electron chi connectivity index (χ2n) is 38.7. The summed E-state index contributed by atoms with van der Waals surface area (Å²) in [7, 11) is 0. The average molecular weight is 2010 g/mol. The minimum absolute atomic E-state index is 0.0138. The number of hydrogen-bond donors (Lipinski definition) is 7. The second-order valence-corrected chi connectivity index (χ2v) is 38.7. The molecule has 7 N–H and O–H groups in total. The minimum atomic E-state index is -0.460. The van der Waals surface area contributed by atoms with Crippen molar-refractivity contribution in [2.75, 3.05) is 65.9 Å². The Morgan fingerprint density at radius 3 is 0.628 bits per heavy atom. The lowest BCUT2D eigenvalue weighted by atomic mass is 9.92. The van der Waals surface area contributed by atoms with Gasteiger partial charge in [-0.1, -0.05) is 147 Å². The van der Waals surface area contributed by atoms with E-state index in [1.165, 1.54) is 38.3 Å². The van der Waals surface area contributed by atoms with Crippen molar-refractivity contribution < 1.29 is 90.8 Å². The van der Waals surface area contributed by atoms with Gasteiger partial charge in [-0.05, 0) is 295 Å². The Labute approximate surface area is 863 Å². The largest absolute Gasteiger partial charge is 0.454 e. The van der Waals surface area contributed by atoms with Gasteiger partial charge >= 0.3 is 0 Å². The first kappa shape index (κ1) is 109. The molecule has 0 saturated heterocycles. The lowest BCUT2D eigenvalue weighted by Crippen LogP contribution is -2.28. The molecule has 12 heterocycles. The third-order valence-corrected chi connectivity index (χ3v) is 24.4. The van der Waals surface area contributed by atoms with Crippen LogP contribution in [0.3, 0.4) is 0 Å². The normalized spacial score (nSPS) is 15.9.